The van der Waals surface area contributed by atoms with E-state index in [4.69, 9.17) is 0 Å². The van der Waals surface area contributed by atoms with Crippen molar-refractivity contribution in [1.29, 1.82) is 0 Å². The van der Waals surface area contributed by atoms with Crippen LogP contribution in [0.2, 0.25) is 0 Å². The fourth-order valence-corrected chi connectivity index (χ4v) is 1.62. The highest BCUT2D eigenvalue weighted by atomic mass is 16.3. The molecule has 0 saturated heterocycles. The molecular formula is C13H13N3O3. The van der Waals surface area contributed by atoms with Gasteiger partial charge in [0.1, 0.15) is 5.69 Å². The highest BCUT2D eigenvalue weighted by molar-refractivity contribution is 5.92. The predicted octanol–water partition coefficient (Wildman–Crippen LogP) is 0.233. The molecule has 1 aromatic heterocycles. The maximum Gasteiger partial charge on any atom is 0.272 e. The third-order valence-electron chi connectivity index (χ3n) is 2.60. The number of H-pyrrole nitrogens is 1. The summed E-state index contributed by atoms with van der Waals surface area (Å²) in [7, 11) is 0. The number of aromatic nitrogens is 2. The van der Waals surface area contributed by atoms with Crippen LogP contribution in [0.25, 0.3) is 0 Å². The minimum Gasteiger partial charge on any atom is -0.394 e. The number of carbonyl (C=O) groups excluding carboxylic acids is 1. The summed E-state index contributed by atoms with van der Waals surface area (Å²) in [6, 6.07) is 11.1. The van der Waals surface area contributed by atoms with Gasteiger partial charge in [-0.1, -0.05) is 30.3 Å². The molecule has 98 valence electrons. The molecule has 3 N–H and O–H groups in total. The number of benzene rings is 1. The van der Waals surface area contributed by atoms with Crippen LogP contribution in [-0.2, 0) is 0 Å². The van der Waals surface area contributed by atoms with Gasteiger partial charge in [0.15, 0.2) is 0 Å². The first-order valence-electron chi connectivity index (χ1n) is 5.73. The Morgan fingerprint density at radius 3 is 2.58 bits per heavy atom. The maximum atomic E-state index is 11.9. The Balaban J connectivity index is 2.13. The monoisotopic (exact) mass is 259 g/mol. The molecule has 0 spiro atoms. The lowest BCUT2D eigenvalue weighted by Gasteiger charge is -2.16. The molecule has 2 rings (SSSR count). The molecular weight excluding hydrogens is 246 g/mol. The molecule has 0 aliphatic rings. The minimum atomic E-state index is -0.512. The number of nitrogens with zero attached hydrogens (tertiary/aromatic N) is 1. The summed E-state index contributed by atoms with van der Waals surface area (Å²) in [5, 5.41) is 17.8. The Kier molecular flexibility index (Phi) is 4.04. The van der Waals surface area contributed by atoms with Crippen LogP contribution in [0.1, 0.15) is 22.1 Å². The van der Waals surface area contributed by atoms with Gasteiger partial charge in [-0.15, -0.1) is 0 Å². The normalized spacial score (nSPS) is 11.8. The molecule has 0 unspecified atom stereocenters. The second-order valence-electron chi connectivity index (χ2n) is 3.93. The number of hydrogen-bond acceptors (Lipinski definition) is 4. The lowest BCUT2D eigenvalue weighted by Crippen LogP contribution is -2.32. The fraction of sp³-hybridized carbons (Fsp3) is 0.154. The van der Waals surface area contributed by atoms with Gasteiger partial charge < -0.3 is 10.4 Å². The Morgan fingerprint density at radius 2 is 2.00 bits per heavy atom. The summed E-state index contributed by atoms with van der Waals surface area (Å²) in [4.78, 5) is 22.7. The summed E-state index contributed by atoms with van der Waals surface area (Å²) in [6.07, 6.45) is 0. The van der Waals surface area contributed by atoms with E-state index in [-0.39, 0.29) is 17.9 Å². The molecule has 0 saturated carbocycles. The zero-order chi connectivity index (χ0) is 13.7. The number of nitrogens with one attached hydrogen (secondary N) is 2. The van der Waals surface area contributed by atoms with Gasteiger partial charge in [-0.3, -0.25) is 9.59 Å². The summed E-state index contributed by atoms with van der Waals surface area (Å²) in [5.74, 6) is -0.459. The van der Waals surface area contributed by atoms with Crippen molar-refractivity contribution in [1.82, 2.24) is 15.5 Å². The molecule has 6 nitrogen and oxygen atoms in total. The fourth-order valence-electron chi connectivity index (χ4n) is 1.62. The maximum absolute atomic E-state index is 11.9. The van der Waals surface area contributed by atoms with Crippen LogP contribution >= 0.6 is 0 Å². The van der Waals surface area contributed by atoms with Crippen molar-refractivity contribution in [2.24, 2.45) is 0 Å². The SMILES string of the molecule is O=C(N[C@@H](CO)c1ccccc1)c1ccc(=O)[nH]n1. The van der Waals surface area contributed by atoms with Crippen molar-refractivity contribution in [2.75, 3.05) is 6.61 Å². The van der Waals surface area contributed by atoms with Crippen molar-refractivity contribution < 1.29 is 9.90 Å². The average molecular weight is 259 g/mol. The molecule has 2 aromatic rings. The van der Waals surface area contributed by atoms with Gasteiger partial charge in [-0.05, 0) is 11.6 Å². The van der Waals surface area contributed by atoms with Crippen molar-refractivity contribution in [2.45, 2.75) is 6.04 Å². The summed E-state index contributed by atoms with van der Waals surface area (Å²) in [5.41, 5.74) is 0.509. The molecule has 1 atom stereocenters. The van der Waals surface area contributed by atoms with E-state index >= 15 is 0 Å². The minimum absolute atomic E-state index is 0.0916. The van der Waals surface area contributed by atoms with Gasteiger partial charge >= 0.3 is 0 Å². The van der Waals surface area contributed by atoms with Gasteiger partial charge in [0.25, 0.3) is 11.5 Å². The first-order chi connectivity index (χ1) is 9.20. The number of aromatic amines is 1. The molecule has 0 bridgehead atoms. The highest BCUT2D eigenvalue weighted by Crippen LogP contribution is 2.11. The van der Waals surface area contributed by atoms with E-state index in [1.165, 1.54) is 12.1 Å². The number of hydrogen-bond donors (Lipinski definition) is 3. The second-order valence-corrected chi connectivity index (χ2v) is 3.93. The Hall–Kier alpha value is -2.47. The number of aliphatic hydroxyl groups is 1. The van der Waals surface area contributed by atoms with Crippen LogP contribution in [0.3, 0.4) is 0 Å². The lowest BCUT2D eigenvalue weighted by molar-refractivity contribution is 0.0910. The summed E-state index contributed by atoms with van der Waals surface area (Å²) >= 11 is 0. The van der Waals surface area contributed by atoms with Crippen LogP contribution in [-0.4, -0.2) is 27.8 Å². The van der Waals surface area contributed by atoms with E-state index in [9.17, 15) is 14.7 Å². The zero-order valence-electron chi connectivity index (χ0n) is 10.0. The molecule has 0 radical (unpaired) electrons. The summed E-state index contributed by atoms with van der Waals surface area (Å²) < 4.78 is 0. The first-order valence-corrected chi connectivity index (χ1v) is 5.73. The van der Waals surface area contributed by atoms with Crippen LogP contribution in [0.15, 0.2) is 47.3 Å². The second kappa shape index (κ2) is 5.92. The molecule has 0 aliphatic heterocycles. The van der Waals surface area contributed by atoms with Crippen LogP contribution in [0.4, 0.5) is 0 Å². The van der Waals surface area contributed by atoms with Gasteiger partial charge in [0.2, 0.25) is 0 Å². The van der Waals surface area contributed by atoms with Gasteiger partial charge in [-0.2, -0.15) is 5.10 Å². The average Bonchev–Trinajstić information content (AvgIpc) is 2.46. The van der Waals surface area contributed by atoms with Crippen LogP contribution < -0.4 is 10.9 Å². The number of aliphatic hydroxyl groups excluding tert-OH is 1. The van der Waals surface area contributed by atoms with Crippen molar-refractivity contribution in [3.8, 4) is 0 Å². The van der Waals surface area contributed by atoms with E-state index in [1.807, 2.05) is 30.3 Å². The Bertz CT molecular complexity index is 590. The molecule has 0 aliphatic carbocycles. The molecule has 1 aromatic carbocycles. The first kappa shape index (κ1) is 13.0. The largest absolute Gasteiger partial charge is 0.394 e. The lowest BCUT2D eigenvalue weighted by atomic mass is 10.1. The smallest absolute Gasteiger partial charge is 0.272 e. The zero-order valence-corrected chi connectivity index (χ0v) is 10.0. The molecule has 19 heavy (non-hydrogen) atoms. The Morgan fingerprint density at radius 1 is 1.26 bits per heavy atom. The standard InChI is InChI=1S/C13H13N3O3/c17-8-11(9-4-2-1-3-5-9)14-13(19)10-6-7-12(18)16-15-10/h1-7,11,17H,8H2,(H,14,19)(H,16,18)/t11-/m0/s1. The van der Waals surface area contributed by atoms with Crippen LogP contribution in [0.5, 0.6) is 0 Å². The quantitative estimate of drug-likeness (QED) is 0.732. The van der Waals surface area contributed by atoms with Gasteiger partial charge in [-0.25, -0.2) is 5.10 Å². The topological polar surface area (TPSA) is 95.1 Å². The third-order valence-corrected chi connectivity index (χ3v) is 2.60. The van der Waals surface area contributed by atoms with Crippen molar-refractivity contribution >= 4 is 5.91 Å². The van der Waals surface area contributed by atoms with Gasteiger partial charge in [0.05, 0.1) is 12.6 Å². The molecule has 0 fully saturated rings. The third kappa shape index (κ3) is 3.26. The van der Waals surface area contributed by atoms with Crippen molar-refractivity contribution in [3.63, 3.8) is 0 Å². The van der Waals surface area contributed by atoms with Crippen molar-refractivity contribution in [3.05, 3.63) is 64.1 Å². The predicted molar refractivity (Wildman–Crippen MR) is 68.6 cm³/mol. The number of carbonyl (C=O) groups is 1. The highest BCUT2D eigenvalue weighted by Gasteiger charge is 2.15. The number of amides is 1. The van der Waals surface area contributed by atoms with E-state index in [2.05, 4.69) is 15.5 Å². The molecule has 1 heterocycles. The molecule has 1 amide bonds. The summed E-state index contributed by atoms with van der Waals surface area (Å²) in [6.45, 7) is -0.223. The molecule has 6 heteroatoms. The van der Waals surface area contributed by atoms with Gasteiger partial charge in [0, 0.05) is 6.07 Å². The van der Waals surface area contributed by atoms with E-state index in [0.29, 0.717) is 0 Å². The van der Waals surface area contributed by atoms with E-state index in [1.54, 1.807) is 0 Å². The van der Waals surface area contributed by atoms with E-state index < -0.39 is 11.9 Å². The Labute approximate surface area is 109 Å². The van der Waals surface area contributed by atoms with Crippen LogP contribution in [0, 0.1) is 0 Å². The van der Waals surface area contributed by atoms with E-state index in [0.717, 1.165) is 5.56 Å². The number of rotatable bonds is 4.